The molecular weight excluding hydrogens is 246 g/mol. The highest BCUT2D eigenvalue weighted by Gasteiger charge is 2.08. The molecule has 0 bridgehead atoms. The van der Waals surface area contributed by atoms with Gasteiger partial charge in [-0.2, -0.15) is 11.8 Å². The first-order valence-corrected chi connectivity index (χ1v) is 7.29. The van der Waals surface area contributed by atoms with Gasteiger partial charge in [-0.15, -0.1) is 0 Å². The van der Waals surface area contributed by atoms with Gasteiger partial charge in [0.25, 0.3) is 0 Å². The SMILES string of the molecule is CNC(C)c1ccc(OC)c(CSCCOC)c1. The van der Waals surface area contributed by atoms with Crippen molar-refractivity contribution in [3.05, 3.63) is 29.3 Å². The Kier molecular flexibility index (Phi) is 7.16. The number of nitrogens with one attached hydrogen (secondary N) is 1. The third kappa shape index (κ3) is 4.52. The smallest absolute Gasteiger partial charge is 0.122 e. The Morgan fingerprint density at radius 3 is 2.72 bits per heavy atom. The fourth-order valence-corrected chi connectivity index (χ4v) is 2.55. The van der Waals surface area contributed by atoms with Crippen LogP contribution in [-0.2, 0) is 10.5 Å². The van der Waals surface area contributed by atoms with E-state index in [1.54, 1.807) is 14.2 Å². The van der Waals surface area contributed by atoms with Gasteiger partial charge in [-0.3, -0.25) is 0 Å². The van der Waals surface area contributed by atoms with Crippen LogP contribution in [0.2, 0.25) is 0 Å². The minimum Gasteiger partial charge on any atom is -0.496 e. The first-order valence-electron chi connectivity index (χ1n) is 6.13. The zero-order chi connectivity index (χ0) is 13.4. The number of ether oxygens (including phenoxy) is 2. The summed E-state index contributed by atoms with van der Waals surface area (Å²) in [5.74, 6) is 2.93. The second-order valence-corrected chi connectivity index (χ2v) is 5.23. The lowest BCUT2D eigenvalue weighted by Gasteiger charge is -2.15. The molecule has 1 unspecified atom stereocenters. The predicted molar refractivity (Wildman–Crippen MR) is 78.5 cm³/mol. The van der Waals surface area contributed by atoms with E-state index in [0.717, 1.165) is 23.9 Å². The van der Waals surface area contributed by atoms with E-state index in [1.807, 2.05) is 18.8 Å². The third-order valence-corrected chi connectivity index (χ3v) is 3.90. The van der Waals surface area contributed by atoms with Gasteiger partial charge in [0.15, 0.2) is 0 Å². The Morgan fingerprint density at radius 1 is 1.33 bits per heavy atom. The normalized spacial score (nSPS) is 12.4. The summed E-state index contributed by atoms with van der Waals surface area (Å²) in [5, 5.41) is 3.25. The molecule has 102 valence electrons. The van der Waals surface area contributed by atoms with E-state index >= 15 is 0 Å². The summed E-state index contributed by atoms with van der Waals surface area (Å²) in [6.45, 7) is 2.95. The minimum atomic E-state index is 0.360. The molecule has 0 saturated carbocycles. The minimum absolute atomic E-state index is 0.360. The molecule has 4 heteroatoms. The van der Waals surface area contributed by atoms with E-state index in [9.17, 15) is 0 Å². The molecule has 1 aromatic carbocycles. The molecule has 18 heavy (non-hydrogen) atoms. The van der Waals surface area contributed by atoms with Crippen LogP contribution in [0.5, 0.6) is 5.75 Å². The van der Waals surface area contributed by atoms with Gasteiger partial charge in [0, 0.05) is 30.2 Å². The van der Waals surface area contributed by atoms with E-state index < -0.39 is 0 Å². The van der Waals surface area contributed by atoms with Crippen molar-refractivity contribution in [3.63, 3.8) is 0 Å². The summed E-state index contributed by atoms with van der Waals surface area (Å²) in [5.41, 5.74) is 2.54. The molecule has 0 aromatic heterocycles. The number of benzene rings is 1. The lowest BCUT2D eigenvalue weighted by molar-refractivity contribution is 0.218. The average molecular weight is 269 g/mol. The molecule has 0 aliphatic heterocycles. The Morgan fingerprint density at radius 2 is 2.11 bits per heavy atom. The number of hydrogen-bond acceptors (Lipinski definition) is 4. The maximum absolute atomic E-state index is 5.41. The Bertz CT molecular complexity index is 358. The average Bonchev–Trinajstić information content (AvgIpc) is 2.42. The summed E-state index contributed by atoms with van der Waals surface area (Å²) in [4.78, 5) is 0. The second-order valence-electron chi connectivity index (χ2n) is 4.13. The molecule has 0 amide bonds. The number of rotatable bonds is 8. The predicted octanol–water partition coefficient (Wildman–Crippen LogP) is 2.86. The van der Waals surface area contributed by atoms with Crippen LogP contribution in [0.1, 0.15) is 24.1 Å². The van der Waals surface area contributed by atoms with Gasteiger partial charge < -0.3 is 14.8 Å². The van der Waals surface area contributed by atoms with E-state index in [4.69, 9.17) is 9.47 Å². The van der Waals surface area contributed by atoms with Gasteiger partial charge in [-0.1, -0.05) is 6.07 Å². The van der Waals surface area contributed by atoms with Gasteiger partial charge in [-0.25, -0.2) is 0 Å². The highest BCUT2D eigenvalue weighted by molar-refractivity contribution is 7.98. The molecule has 1 atom stereocenters. The maximum Gasteiger partial charge on any atom is 0.122 e. The van der Waals surface area contributed by atoms with E-state index in [2.05, 4.69) is 30.4 Å². The zero-order valence-electron chi connectivity index (χ0n) is 11.7. The molecule has 1 N–H and O–H groups in total. The van der Waals surface area contributed by atoms with Gasteiger partial charge in [0.2, 0.25) is 0 Å². The second kappa shape index (κ2) is 8.40. The number of thioether (sulfide) groups is 1. The first kappa shape index (κ1) is 15.3. The highest BCUT2D eigenvalue weighted by atomic mass is 32.2. The Labute approximate surface area is 114 Å². The lowest BCUT2D eigenvalue weighted by atomic mass is 10.1. The van der Waals surface area contributed by atoms with Gasteiger partial charge in [0.05, 0.1) is 13.7 Å². The van der Waals surface area contributed by atoms with Gasteiger partial charge in [-0.05, 0) is 31.7 Å². The quantitative estimate of drug-likeness (QED) is 0.735. The largest absolute Gasteiger partial charge is 0.496 e. The lowest BCUT2D eigenvalue weighted by Crippen LogP contribution is -2.12. The van der Waals surface area contributed by atoms with Crippen LogP contribution in [0.3, 0.4) is 0 Å². The molecule has 1 aromatic rings. The zero-order valence-corrected chi connectivity index (χ0v) is 12.5. The van der Waals surface area contributed by atoms with Crippen LogP contribution < -0.4 is 10.1 Å². The van der Waals surface area contributed by atoms with E-state index in [1.165, 1.54) is 11.1 Å². The van der Waals surface area contributed by atoms with Crippen molar-refractivity contribution >= 4 is 11.8 Å². The van der Waals surface area contributed by atoms with Crippen LogP contribution in [0.25, 0.3) is 0 Å². The van der Waals surface area contributed by atoms with E-state index in [0.29, 0.717) is 6.04 Å². The van der Waals surface area contributed by atoms with Crippen LogP contribution >= 0.6 is 11.8 Å². The molecule has 0 fully saturated rings. The molecule has 1 rings (SSSR count). The van der Waals surface area contributed by atoms with Gasteiger partial charge >= 0.3 is 0 Å². The fraction of sp³-hybridized carbons (Fsp3) is 0.571. The molecule has 0 aliphatic rings. The fourth-order valence-electron chi connectivity index (χ4n) is 1.67. The van der Waals surface area contributed by atoms with Gasteiger partial charge in [0.1, 0.15) is 5.75 Å². The van der Waals surface area contributed by atoms with Crippen molar-refractivity contribution in [1.29, 1.82) is 0 Å². The molecule has 0 heterocycles. The molecule has 0 aliphatic carbocycles. The summed E-state index contributed by atoms with van der Waals surface area (Å²) in [7, 11) is 5.43. The summed E-state index contributed by atoms with van der Waals surface area (Å²) < 4.78 is 10.5. The Hall–Kier alpha value is -0.710. The third-order valence-electron chi connectivity index (χ3n) is 2.93. The molecule has 0 saturated heterocycles. The monoisotopic (exact) mass is 269 g/mol. The summed E-state index contributed by atoms with van der Waals surface area (Å²) in [6.07, 6.45) is 0. The first-order chi connectivity index (χ1) is 8.72. The Balaban J connectivity index is 2.72. The number of hydrogen-bond donors (Lipinski definition) is 1. The van der Waals surface area contributed by atoms with Crippen LogP contribution in [0, 0.1) is 0 Å². The van der Waals surface area contributed by atoms with Crippen molar-refractivity contribution < 1.29 is 9.47 Å². The van der Waals surface area contributed by atoms with Crippen LogP contribution in [0.15, 0.2) is 18.2 Å². The van der Waals surface area contributed by atoms with Crippen LogP contribution in [-0.4, -0.2) is 33.6 Å². The summed E-state index contributed by atoms with van der Waals surface area (Å²) in [6, 6.07) is 6.75. The van der Waals surface area contributed by atoms with Crippen LogP contribution in [0.4, 0.5) is 0 Å². The number of methoxy groups -OCH3 is 2. The van der Waals surface area contributed by atoms with Crippen molar-refractivity contribution in [1.82, 2.24) is 5.32 Å². The highest BCUT2D eigenvalue weighted by Crippen LogP contribution is 2.26. The van der Waals surface area contributed by atoms with Crippen molar-refractivity contribution in [2.24, 2.45) is 0 Å². The van der Waals surface area contributed by atoms with E-state index in [-0.39, 0.29) is 0 Å². The standard InChI is InChI=1S/C14H23NO2S/c1-11(15-2)12-5-6-14(17-4)13(9-12)10-18-8-7-16-3/h5-6,9,11,15H,7-8,10H2,1-4H3. The topological polar surface area (TPSA) is 30.5 Å². The van der Waals surface area contributed by atoms with Crippen molar-refractivity contribution in [2.75, 3.05) is 33.6 Å². The van der Waals surface area contributed by atoms with Crippen molar-refractivity contribution in [2.45, 2.75) is 18.7 Å². The molecule has 3 nitrogen and oxygen atoms in total. The maximum atomic E-state index is 5.41. The van der Waals surface area contributed by atoms with Crippen molar-refractivity contribution in [3.8, 4) is 5.75 Å². The summed E-state index contributed by atoms with van der Waals surface area (Å²) >= 11 is 1.86. The molecule has 0 radical (unpaired) electrons. The molecular formula is C14H23NO2S. The molecule has 0 spiro atoms.